The van der Waals surface area contributed by atoms with E-state index in [1.165, 1.54) is 4.31 Å². The summed E-state index contributed by atoms with van der Waals surface area (Å²) in [5.41, 5.74) is 1.99. The summed E-state index contributed by atoms with van der Waals surface area (Å²) in [6.07, 6.45) is 9.14. The Kier molecular flexibility index (Phi) is 4.87. The fourth-order valence-corrected chi connectivity index (χ4v) is 4.29. The van der Waals surface area contributed by atoms with Crippen molar-refractivity contribution in [1.29, 1.82) is 0 Å². The first-order chi connectivity index (χ1) is 9.96. The third-order valence-corrected chi connectivity index (χ3v) is 5.79. The lowest BCUT2D eigenvalue weighted by atomic mass is 9.91. The van der Waals surface area contributed by atoms with Crippen molar-refractivity contribution in [1.82, 2.24) is 4.31 Å². The van der Waals surface area contributed by atoms with Crippen LogP contribution in [-0.2, 0) is 10.0 Å². The lowest BCUT2D eigenvalue weighted by molar-refractivity contribution is 0.330. The quantitative estimate of drug-likeness (QED) is 0.633. The molecule has 0 spiro atoms. The van der Waals surface area contributed by atoms with Crippen LogP contribution in [0.1, 0.15) is 31.2 Å². The second-order valence-electron chi connectivity index (χ2n) is 5.49. The van der Waals surface area contributed by atoms with Gasteiger partial charge >= 0.3 is 0 Å². The van der Waals surface area contributed by atoms with E-state index in [9.17, 15) is 8.42 Å². The van der Waals surface area contributed by atoms with Gasteiger partial charge in [0.1, 0.15) is 0 Å². The van der Waals surface area contributed by atoms with Crippen LogP contribution in [0.4, 0.5) is 0 Å². The molecule has 1 fully saturated rings. The topological polar surface area (TPSA) is 37.4 Å². The Morgan fingerprint density at radius 1 is 1.33 bits per heavy atom. The summed E-state index contributed by atoms with van der Waals surface area (Å²) in [6.45, 7) is 6.06. The molecule has 0 aromatic heterocycles. The van der Waals surface area contributed by atoms with Crippen LogP contribution in [0.25, 0.3) is 0 Å². The molecule has 21 heavy (non-hydrogen) atoms. The Balaban J connectivity index is 2.38. The number of rotatable bonds is 4. The number of terminal acetylenes is 1. The second-order valence-corrected chi connectivity index (χ2v) is 7.38. The van der Waals surface area contributed by atoms with E-state index in [-0.39, 0.29) is 12.6 Å². The van der Waals surface area contributed by atoms with Gasteiger partial charge in [-0.3, -0.25) is 0 Å². The fourth-order valence-electron chi connectivity index (χ4n) is 2.71. The highest BCUT2D eigenvalue weighted by atomic mass is 32.2. The zero-order valence-electron chi connectivity index (χ0n) is 12.4. The average Bonchev–Trinajstić information content (AvgIpc) is 2.46. The molecule has 1 saturated carbocycles. The molecular formula is C17H21NO2S. The van der Waals surface area contributed by atoms with E-state index in [2.05, 4.69) is 12.5 Å². The first-order valence-electron chi connectivity index (χ1n) is 7.16. The van der Waals surface area contributed by atoms with E-state index < -0.39 is 10.0 Å². The van der Waals surface area contributed by atoms with Gasteiger partial charge in [0, 0.05) is 6.04 Å². The minimum absolute atomic E-state index is 0.0832. The lowest BCUT2D eigenvalue weighted by Gasteiger charge is -2.33. The summed E-state index contributed by atoms with van der Waals surface area (Å²) in [5, 5.41) is 0. The van der Waals surface area contributed by atoms with Gasteiger partial charge in [-0.15, -0.1) is 6.42 Å². The van der Waals surface area contributed by atoms with Crippen LogP contribution in [0.3, 0.4) is 0 Å². The summed E-state index contributed by atoms with van der Waals surface area (Å²) in [7, 11) is -3.58. The number of benzene rings is 1. The van der Waals surface area contributed by atoms with E-state index >= 15 is 0 Å². The summed E-state index contributed by atoms with van der Waals surface area (Å²) in [5.74, 6) is 2.48. The molecule has 1 aromatic carbocycles. The van der Waals surface area contributed by atoms with Gasteiger partial charge in [-0.05, 0) is 38.3 Å². The first-order valence-corrected chi connectivity index (χ1v) is 8.60. The summed E-state index contributed by atoms with van der Waals surface area (Å²) < 4.78 is 27.2. The van der Waals surface area contributed by atoms with E-state index in [0.29, 0.717) is 4.90 Å². The molecule has 0 unspecified atom stereocenters. The second kappa shape index (κ2) is 6.46. The fraction of sp³-hybridized carbons (Fsp3) is 0.412. The largest absolute Gasteiger partial charge is 0.244 e. The summed E-state index contributed by atoms with van der Waals surface area (Å²) in [6, 6.07) is 6.70. The average molecular weight is 303 g/mol. The van der Waals surface area contributed by atoms with Crippen LogP contribution in [0, 0.1) is 19.3 Å². The van der Waals surface area contributed by atoms with Crippen molar-refractivity contribution in [3.63, 3.8) is 0 Å². The lowest BCUT2D eigenvalue weighted by Crippen LogP contribution is -2.42. The monoisotopic (exact) mass is 303 g/mol. The van der Waals surface area contributed by atoms with Crippen molar-refractivity contribution in [2.24, 2.45) is 0 Å². The minimum atomic E-state index is -3.58. The number of hydrogen-bond acceptors (Lipinski definition) is 2. The number of sulfonamides is 1. The van der Waals surface area contributed by atoms with Crippen LogP contribution in [-0.4, -0.2) is 25.3 Å². The van der Waals surface area contributed by atoms with E-state index in [1.54, 1.807) is 24.3 Å². The predicted octanol–water partition coefficient (Wildman–Crippen LogP) is 3.12. The zero-order valence-corrected chi connectivity index (χ0v) is 13.2. The highest BCUT2D eigenvalue weighted by molar-refractivity contribution is 7.89. The number of hydrogen-bond donors (Lipinski definition) is 0. The first kappa shape index (κ1) is 15.8. The van der Waals surface area contributed by atoms with Gasteiger partial charge in [-0.1, -0.05) is 42.2 Å². The molecule has 0 bridgehead atoms. The van der Waals surface area contributed by atoms with Crippen LogP contribution in [0.15, 0.2) is 41.3 Å². The molecule has 3 nitrogen and oxygen atoms in total. The van der Waals surface area contributed by atoms with E-state index in [1.807, 2.05) is 6.92 Å². The van der Waals surface area contributed by atoms with Crippen molar-refractivity contribution in [3.05, 3.63) is 42.0 Å². The minimum Gasteiger partial charge on any atom is -0.207 e. The molecular weight excluding hydrogens is 282 g/mol. The molecule has 1 aliphatic rings. The van der Waals surface area contributed by atoms with Crippen molar-refractivity contribution >= 4 is 10.0 Å². The number of aryl methyl sites for hydroxylation is 1. The molecule has 0 N–H and O–H groups in total. The standard InChI is InChI=1S/C17H21NO2S/c1-4-13-18(17-8-6-5-7-15(17)3)21(19,20)16-11-9-14(2)10-12-16/h1,9-12,17H,3,5-8,13H2,2H3/t17-/m0/s1. The van der Waals surface area contributed by atoms with Crippen molar-refractivity contribution in [2.45, 2.75) is 43.5 Å². The maximum Gasteiger partial charge on any atom is 0.244 e. The third-order valence-electron chi connectivity index (χ3n) is 3.92. The van der Waals surface area contributed by atoms with Gasteiger partial charge in [0.2, 0.25) is 10.0 Å². The van der Waals surface area contributed by atoms with Gasteiger partial charge < -0.3 is 0 Å². The van der Waals surface area contributed by atoms with E-state index in [4.69, 9.17) is 6.42 Å². The third kappa shape index (κ3) is 3.37. The van der Waals surface area contributed by atoms with Crippen molar-refractivity contribution < 1.29 is 8.42 Å². The molecule has 0 amide bonds. The molecule has 1 aromatic rings. The van der Waals surface area contributed by atoms with Gasteiger partial charge in [-0.25, -0.2) is 8.42 Å². The van der Waals surface area contributed by atoms with Gasteiger partial charge in [-0.2, -0.15) is 4.31 Å². The van der Waals surface area contributed by atoms with Crippen molar-refractivity contribution in [3.8, 4) is 12.3 Å². The summed E-state index contributed by atoms with van der Waals surface area (Å²) in [4.78, 5) is 0.293. The summed E-state index contributed by atoms with van der Waals surface area (Å²) >= 11 is 0. The van der Waals surface area contributed by atoms with Gasteiger partial charge in [0.15, 0.2) is 0 Å². The zero-order chi connectivity index (χ0) is 15.5. The highest BCUT2D eigenvalue weighted by Gasteiger charge is 2.33. The Bertz CT molecular complexity index is 653. The molecule has 4 heteroatoms. The maximum atomic E-state index is 12.9. The molecule has 0 aliphatic heterocycles. The van der Waals surface area contributed by atoms with Crippen molar-refractivity contribution in [2.75, 3.05) is 6.54 Å². The van der Waals surface area contributed by atoms with Gasteiger partial charge in [0.05, 0.1) is 11.4 Å². The Labute approximate surface area is 127 Å². The highest BCUT2D eigenvalue weighted by Crippen LogP contribution is 2.30. The SMILES string of the molecule is C#CCN([C@H]1CCCCC1=C)S(=O)(=O)c1ccc(C)cc1. The molecule has 1 atom stereocenters. The van der Waals surface area contributed by atoms with Crippen LogP contribution in [0.2, 0.25) is 0 Å². The van der Waals surface area contributed by atoms with E-state index in [0.717, 1.165) is 36.8 Å². The predicted molar refractivity (Wildman–Crippen MR) is 85.3 cm³/mol. The Morgan fingerprint density at radius 2 is 2.00 bits per heavy atom. The smallest absolute Gasteiger partial charge is 0.207 e. The molecule has 112 valence electrons. The maximum absolute atomic E-state index is 12.9. The molecule has 2 rings (SSSR count). The van der Waals surface area contributed by atoms with Crippen LogP contribution in [0.5, 0.6) is 0 Å². The van der Waals surface area contributed by atoms with Crippen LogP contribution < -0.4 is 0 Å². The number of nitrogens with zero attached hydrogens (tertiary/aromatic N) is 1. The Hall–Kier alpha value is -1.57. The Morgan fingerprint density at radius 3 is 2.57 bits per heavy atom. The van der Waals surface area contributed by atoms with Gasteiger partial charge in [0.25, 0.3) is 0 Å². The normalized spacial score (nSPS) is 19.5. The van der Waals surface area contributed by atoms with Crippen LogP contribution >= 0.6 is 0 Å². The molecule has 0 saturated heterocycles. The molecule has 0 radical (unpaired) electrons. The molecule has 1 aliphatic carbocycles. The molecule has 0 heterocycles.